The summed E-state index contributed by atoms with van der Waals surface area (Å²) in [6.07, 6.45) is 1.05. The van der Waals surface area contributed by atoms with E-state index in [0.717, 1.165) is 6.42 Å². The Morgan fingerprint density at radius 3 is 2.29 bits per heavy atom. The van der Waals surface area contributed by atoms with Crippen LogP contribution in [0.2, 0.25) is 0 Å². The van der Waals surface area contributed by atoms with E-state index in [1.54, 1.807) is 0 Å². The van der Waals surface area contributed by atoms with E-state index in [2.05, 4.69) is 92.0 Å². The molecule has 0 radical (unpaired) electrons. The second-order valence-corrected chi connectivity index (χ2v) is 6.96. The molecule has 1 N–H and O–H groups in total. The highest BCUT2D eigenvalue weighted by atomic mass is 14.9. The van der Waals surface area contributed by atoms with E-state index in [1.165, 1.54) is 33.5 Å². The van der Waals surface area contributed by atoms with Crippen LogP contribution in [0.25, 0.3) is 11.1 Å². The van der Waals surface area contributed by atoms with Gasteiger partial charge in [0, 0.05) is 5.69 Å². The molecule has 0 aromatic heterocycles. The van der Waals surface area contributed by atoms with Crippen molar-refractivity contribution in [2.45, 2.75) is 32.2 Å². The molecule has 0 bridgehead atoms. The van der Waals surface area contributed by atoms with Crippen LogP contribution in [0.3, 0.4) is 0 Å². The normalized spacial score (nSPS) is 16.0. The molecule has 3 aromatic rings. The molecule has 0 amide bonds. The molecule has 3 aromatic carbocycles. The van der Waals surface area contributed by atoms with Gasteiger partial charge in [0.2, 0.25) is 0 Å². The van der Waals surface area contributed by atoms with E-state index in [4.69, 9.17) is 0 Å². The Hall–Kier alpha value is -2.54. The third kappa shape index (κ3) is 2.82. The van der Waals surface area contributed by atoms with Crippen molar-refractivity contribution in [2.75, 3.05) is 5.32 Å². The third-order valence-corrected chi connectivity index (χ3v) is 4.97. The van der Waals surface area contributed by atoms with Gasteiger partial charge < -0.3 is 5.32 Å². The van der Waals surface area contributed by atoms with Gasteiger partial charge in [-0.05, 0) is 52.3 Å². The number of fused-ring (bicyclic) bond motifs is 1. The minimum Gasteiger partial charge on any atom is -0.378 e. The zero-order valence-corrected chi connectivity index (χ0v) is 14.3. The maximum atomic E-state index is 3.68. The molecule has 120 valence electrons. The third-order valence-electron chi connectivity index (χ3n) is 4.97. The summed E-state index contributed by atoms with van der Waals surface area (Å²) in [5, 5.41) is 3.68. The van der Waals surface area contributed by atoms with Gasteiger partial charge in [-0.15, -0.1) is 0 Å². The smallest absolute Gasteiger partial charge is 0.0555 e. The molecule has 1 heterocycles. The average molecular weight is 313 g/mol. The fourth-order valence-corrected chi connectivity index (χ4v) is 3.49. The number of benzene rings is 3. The van der Waals surface area contributed by atoms with E-state index in [0.29, 0.717) is 12.0 Å². The van der Waals surface area contributed by atoms with Crippen LogP contribution in [0.4, 0.5) is 5.69 Å². The molecule has 24 heavy (non-hydrogen) atoms. The molecule has 1 unspecified atom stereocenters. The fraction of sp³-hybridized carbons (Fsp3) is 0.217. The quantitative estimate of drug-likeness (QED) is 0.608. The van der Waals surface area contributed by atoms with Crippen molar-refractivity contribution in [1.29, 1.82) is 0 Å². The average Bonchev–Trinajstić information content (AvgIpc) is 3.06. The molecule has 4 rings (SSSR count). The van der Waals surface area contributed by atoms with Gasteiger partial charge in [0.25, 0.3) is 0 Å². The van der Waals surface area contributed by atoms with Crippen molar-refractivity contribution >= 4 is 5.69 Å². The van der Waals surface area contributed by atoms with Crippen LogP contribution >= 0.6 is 0 Å². The van der Waals surface area contributed by atoms with Gasteiger partial charge in [-0.3, -0.25) is 0 Å². The summed E-state index contributed by atoms with van der Waals surface area (Å²) in [7, 11) is 0. The van der Waals surface area contributed by atoms with Crippen molar-refractivity contribution in [3.05, 3.63) is 89.5 Å². The van der Waals surface area contributed by atoms with Gasteiger partial charge >= 0.3 is 0 Å². The van der Waals surface area contributed by atoms with E-state index < -0.39 is 0 Å². The summed E-state index contributed by atoms with van der Waals surface area (Å²) in [6.45, 7) is 4.48. The lowest BCUT2D eigenvalue weighted by molar-refractivity contribution is 0.816. The highest BCUT2D eigenvalue weighted by Crippen LogP contribution is 2.36. The van der Waals surface area contributed by atoms with Crippen LogP contribution in [0.1, 0.15) is 42.5 Å². The highest BCUT2D eigenvalue weighted by molar-refractivity contribution is 5.70. The van der Waals surface area contributed by atoms with E-state index in [9.17, 15) is 0 Å². The zero-order chi connectivity index (χ0) is 16.5. The maximum Gasteiger partial charge on any atom is 0.0555 e. The second-order valence-electron chi connectivity index (χ2n) is 6.96. The molecule has 0 fully saturated rings. The standard InChI is InChI=1S/C23H23N/c1-16(2)17-8-10-19(11-9-17)23-15-21-14-20(12-13-22(21)24-23)18-6-4-3-5-7-18/h3-14,16,23-24H,15H2,1-2H3. The van der Waals surface area contributed by atoms with E-state index in [1.807, 2.05) is 0 Å². The lowest BCUT2D eigenvalue weighted by Gasteiger charge is -2.13. The lowest BCUT2D eigenvalue weighted by atomic mass is 9.97. The SMILES string of the molecule is CC(C)c1ccc(C2Cc3cc(-c4ccccc4)ccc3N2)cc1. The number of rotatable bonds is 3. The number of hydrogen-bond donors (Lipinski definition) is 1. The first-order valence-electron chi connectivity index (χ1n) is 8.75. The first kappa shape index (κ1) is 15.0. The molecule has 1 aliphatic rings. The zero-order valence-electron chi connectivity index (χ0n) is 14.3. The van der Waals surface area contributed by atoms with Crippen LogP contribution < -0.4 is 5.32 Å². The number of anilines is 1. The largest absolute Gasteiger partial charge is 0.378 e. The molecular formula is C23H23N. The monoisotopic (exact) mass is 313 g/mol. The van der Waals surface area contributed by atoms with Gasteiger partial charge in [-0.25, -0.2) is 0 Å². The second kappa shape index (κ2) is 6.16. The van der Waals surface area contributed by atoms with Crippen LogP contribution in [0.15, 0.2) is 72.8 Å². The first-order chi connectivity index (χ1) is 11.7. The Kier molecular flexibility index (Phi) is 3.86. The molecule has 1 heteroatoms. The molecule has 0 saturated carbocycles. The molecule has 1 nitrogen and oxygen atoms in total. The fourth-order valence-electron chi connectivity index (χ4n) is 3.49. The van der Waals surface area contributed by atoms with Gasteiger partial charge in [-0.2, -0.15) is 0 Å². The van der Waals surface area contributed by atoms with E-state index >= 15 is 0 Å². The summed E-state index contributed by atoms with van der Waals surface area (Å²) < 4.78 is 0. The summed E-state index contributed by atoms with van der Waals surface area (Å²) >= 11 is 0. The minimum absolute atomic E-state index is 0.382. The Balaban J connectivity index is 1.58. The van der Waals surface area contributed by atoms with Crippen molar-refractivity contribution < 1.29 is 0 Å². The van der Waals surface area contributed by atoms with Crippen molar-refractivity contribution in [1.82, 2.24) is 0 Å². The van der Waals surface area contributed by atoms with E-state index in [-0.39, 0.29) is 0 Å². The van der Waals surface area contributed by atoms with Crippen molar-refractivity contribution in [2.24, 2.45) is 0 Å². The molecule has 1 aliphatic heterocycles. The molecule has 0 spiro atoms. The highest BCUT2D eigenvalue weighted by Gasteiger charge is 2.22. The molecule has 1 atom stereocenters. The molecule has 0 aliphatic carbocycles. The van der Waals surface area contributed by atoms with Gasteiger partial charge in [0.15, 0.2) is 0 Å². The van der Waals surface area contributed by atoms with Crippen LogP contribution in [0.5, 0.6) is 0 Å². The predicted octanol–water partition coefficient (Wildman–Crippen LogP) is 6.19. The lowest BCUT2D eigenvalue weighted by Crippen LogP contribution is -2.05. The number of hydrogen-bond acceptors (Lipinski definition) is 1. The minimum atomic E-state index is 0.382. The summed E-state index contributed by atoms with van der Waals surface area (Å²) in [5.74, 6) is 0.584. The Bertz CT molecular complexity index is 832. The Morgan fingerprint density at radius 2 is 1.58 bits per heavy atom. The topological polar surface area (TPSA) is 12.0 Å². The molecule has 0 saturated heterocycles. The summed E-state index contributed by atoms with van der Waals surface area (Å²) in [4.78, 5) is 0. The van der Waals surface area contributed by atoms with Crippen LogP contribution in [-0.4, -0.2) is 0 Å². The molecular weight excluding hydrogens is 290 g/mol. The van der Waals surface area contributed by atoms with Gasteiger partial charge in [-0.1, -0.05) is 74.5 Å². The van der Waals surface area contributed by atoms with Gasteiger partial charge in [0.1, 0.15) is 0 Å². The predicted molar refractivity (Wildman–Crippen MR) is 102 cm³/mol. The number of nitrogens with one attached hydrogen (secondary N) is 1. The summed E-state index contributed by atoms with van der Waals surface area (Å²) in [5.41, 5.74) is 8.04. The Morgan fingerprint density at radius 1 is 0.833 bits per heavy atom. The maximum absolute atomic E-state index is 3.68. The van der Waals surface area contributed by atoms with Crippen molar-refractivity contribution in [3.63, 3.8) is 0 Å². The van der Waals surface area contributed by atoms with Crippen LogP contribution in [-0.2, 0) is 6.42 Å². The van der Waals surface area contributed by atoms with Crippen LogP contribution in [0, 0.1) is 0 Å². The first-order valence-corrected chi connectivity index (χ1v) is 8.75. The van der Waals surface area contributed by atoms with Gasteiger partial charge in [0.05, 0.1) is 6.04 Å². The summed E-state index contributed by atoms with van der Waals surface area (Å²) in [6, 6.07) is 26.8. The Labute approximate surface area is 144 Å². The van der Waals surface area contributed by atoms with Crippen molar-refractivity contribution in [3.8, 4) is 11.1 Å².